The highest BCUT2D eigenvalue weighted by atomic mass is 35.5. The summed E-state index contributed by atoms with van der Waals surface area (Å²) in [6.45, 7) is 0. The molecule has 0 N–H and O–H groups in total. The highest BCUT2D eigenvalue weighted by molar-refractivity contribution is 8.19. The molecule has 2 amide bonds. The molecule has 0 spiro atoms. The van der Waals surface area contributed by atoms with E-state index in [1.165, 1.54) is 23.9 Å². The number of imide groups is 1. The number of nitrogens with zero attached hydrogens (tertiary/aromatic N) is 2. The maximum Gasteiger partial charge on any atom is 0.298 e. The van der Waals surface area contributed by atoms with Gasteiger partial charge in [0, 0.05) is 21.0 Å². The van der Waals surface area contributed by atoms with E-state index < -0.39 is 16.1 Å². The summed E-state index contributed by atoms with van der Waals surface area (Å²) >= 11 is 13.8. The number of carbonyl (C=O) groups excluding carboxylic acids is 2. The summed E-state index contributed by atoms with van der Waals surface area (Å²) in [5.41, 5.74) is 0.746. The summed E-state index contributed by atoms with van der Waals surface area (Å²) in [4.78, 5) is 38.8. The van der Waals surface area contributed by atoms with Gasteiger partial charge in [0.15, 0.2) is 0 Å². The first-order valence-electron chi connectivity index (χ1n) is 9.07. The van der Waals surface area contributed by atoms with Crippen LogP contribution in [0.5, 0.6) is 0 Å². The molecule has 1 saturated heterocycles. The molecule has 10 heteroatoms. The zero-order valence-corrected chi connectivity index (χ0v) is 19.2. The number of halogens is 2. The molecule has 0 radical (unpaired) electrons. The molecule has 1 aliphatic heterocycles. The van der Waals surface area contributed by atoms with E-state index in [0.29, 0.717) is 26.2 Å². The first kappa shape index (κ1) is 22.4. The van der Waals surface area contributed by atoms with Crippen molar-refractivity contribution >= 4 is 75.3 Å². The second-order valence-electron chi connectivity index (χ2n) is 6.53. The monoisotopic (exact) mass is 502 g/mol. The Morgan fingerprint density at radius 1 is 0.938 bits per heavy atom. The molecular weight excluding hydrogens is 491 g/mol. The topological polar surface area (TPSA) is 80.5 Å². The Labute approximate surface area is 201 Å². The van der Waals surface area contributed by atoms with E-state index in [0.717, 1.165) is 21.6 Å². The second-order valence-corrected chi connectivity index (χ2v) is 9.52. The minimum absolute atomic E-state index is 0.101. The van der Waals surface area contributed by atoms with Crippen molar-refractivity contribution in [1.82, 2.24) is 0 Å². The molecule has 32 heavy (non-hydrogen) atoms. The standard InChI is InChI=1S/C22H12Cl2N2O4S2/c23-14-2-6-16(7-3-14)25-21(27)20(32-22(25)28)12-13-1-10-19(18(11-13)26(29)30)31-17-8-4-15(24)5-9-17/h1-12H. The minimum atomic E-state index is -0.496. The van der Waals surface area contributed by atoms with Crippen molar-refractivity contribution in [3.63, 3.8) is 0 Å². The molecule has 3 aromatic rings. The van der Waals surface area contributed by atoms with E-state index in [9.17, 15) is 19.7 Å². The van der Waals surface area contributed by atoms with Crippen molar-refractivity contribution in [3.05, 3.63) is 97.4 Å². The number of nitro benzene ring substituents is 1. The molecule has 0 bridgehead atoms. The van der Waals surface area contributed by atoms with Gasteiger partial charge in [-0.1, -0.05) is 41.0 Å². The number of amides is 2. The Balaban J connectivity index is 1.62. The summed E-state index contributed by atoms with van der Waals surface area (Å²) in [7, 11) is 0. The molecule has 1 heterocycles. The van der Waals surface area contributed by atoms with E-state index in [2.05, 4.69) is 0 Å². The number of benzene rings is 3. The quantitative estimate of drug-likeness (QED) is 0.207. The van der Waals surface area contributed by atoms with Crippen LogP contribution >= 0.6 is 46.7 Å². The minimum Gasteiger partial charge on any atom is -0.268 e. The Kier molecular flexibility index (Phi) is 6.57. The van der Waals surface area contributed by atoms with Gasteiger partial charge in [0.1, 0.15) is 0 Å². The molecule has 0 aliphatic carbocycles. The average Bonchev–Trinajstić information content (AvgIpc) is 3.04. The van der Waals surface area contributed by atoms with Crippen molar-refractivity contribution in [2.45, 2.75) is 9.79 Å². The molecule has 6 nitrogen and oxygen atoms in total. The van der Waals surface area contributed by atoms with Crippen molar-refractivity contribution < 1.29 is 14.5 Å². The molecular formula is C22H12Cl2N2O4S2. The third kappa shape index (κ3) is 4.83. The predicted molar refractivity (Wildman–Crippen MR) is 129 cm³/mol. The first-order chi connectivity index (χ1) is 15.3. The fourth-order valence-corrected chi connectivity index (χ4v) is 4.91. The number of anilines is 1. The lowest BCUT2D eigenvalue weighted by Gasteiger charge is -2.12. The van der Waals surface area contributed by atoms with Gasteiger partial charge in [-0.2, -0.15) is 0 Å². The highest BCUT2D eigenvalue weighted by Gasteiger charge is 2.36. The van der Waals surface area contributed by atoms with Crippen LogP contribution in [0.2, 0.25) is 10.0 Å². The lowest BCUT2D eigenvalue weighted by Crippen LogP contribution is -2.27. The summed E-state index contributed by atoms with van der Waals surface area (Å²) in [6, 6.07) is 18.0. The van der Waals surface area contributed by atoms with E-state index in [4.69, 9.17) is 23.2 Å². The van der Waals surface area contributed by atoms with Crippen LogP contribution in [0.1, 0.15) is 5.56 Å². The Bertz CT molecular complexity index is 1260. The molecule has 0 atom stereocenters. The number of rotatable bonds is 5. The van der Waals surface area contributed by atoms with Crippen LogP contribution in [0.15, 0.2) is 81.4 Å². The molecule has 0 aromatic heterocycles. The number of carbonyl (C=O) groups is 2. The highest BCUT2D eigenvalue weighted by Crippen LogP contribution is 2.39. The second kappa shape index (κ2) is 9.38. The zero-order valence-electron chi connectivity index (χ0n) is 16.0. The largest absolute Gasteiger partial charge is 0.298 e. The molecule has 4 rings (SSSR count). The summed E-state index contributed by atoms with van der Waals surface area (Å²) < 4.78 is 0. The van der Waals surface area contributed by atoms with Crippen LogP contribution in [0.3, 0.4) is 0 Å². The van der Waals surface area contributed by atoms with E-state index in [1.807, 2.05) is 0 Å². The van der Waals surface area contributed by atoms with Gasteiger partial charge in [0.2, 0.25) is 0 Å². The average molecular weight is 503 g/mol. The molecule has 0 saturated carbocycles. The predicted octanol–water partition coefficient (Wildman–Crippen LogP) is 7.29. The van der Waals surface area contributed by atoms with E-state index in [1.54, 1.807) is 60.7 Å². The van der Waals surface area contributed by atoms with Crippen LogP contribution in [0.4, 0.5) is 16.2 Å². The number of nitro groups is 1. The van der Waals surface area contributed by atoms with E-state index >= 15 is 0 Å². The molecule has 1 fully saturated rings. The summed E-state index contributed by atoms with van der Waals surface area (Å²) in [5.74, 6) is -0.496. The summed E-state index contributed by atoms with van der Waals surface area (Å²) in [5, 5.41) is 12.3. The SMILES string of the molecule is O=C1SC(=Cc2ccc(Sc3ccc(Cl)cc3)c([N+](=O)[O-])c2)C(=O)N1c1ccc(Cl)cc1. The lowest BCUT2D eigenvalue weighted by atomic mass is 10.2. The van der Waals surface area contributed by atoms with Gasteiger partial charge >= 0.3 is 0 Å². The van der Waals surface area contributed by atoms with Crippen molar-refractivity contribution in [1.29, 1.82) is 0 Å². The fourth-order valence-electron chi connectivity index (χ4n) is 2.91. The van der Waals surface area contributed by atoms with Crippen molar-refractivity contribution in [3.8, 4) is 0 Å². The third-order valence-electron chi connectivity index (χ3n) is 4.40. The third-order valence-corrected chi connectivity index (χ3v) is 6.84. The molecule has 0 unspecified atom stereocenters. The van der Waals surface area contributed by atoms with Gasteiger partial charge in [-0.15, -0.1) is 0 Å². The number of thioether (sulfide) groups is 1. The maximum atomic E-state index is 12.8. The van der Waals surface area contributed by atoms with E-state index in [-0.39, 0.29) is 10.6 Å². The van der Waals surface area contributed by atoms with Crippen LogP contribution in [-0.4, -0.2) is 16.1 Å². The van der Waals surface area contributed by atoms with Gasteiger partial charge in [0.25, 0.3) is 16.8 Å². The Morgan fingerprint density at radius 3 is 2.19 bits per heavy atom. The lowest BCUT2D eigenvalue weighted by molar-refractivity contribution is -0.387. The normalized spacial score (nSPS) is 14.9. The molecule has 1 aliphatic rings. The van der Waals surface area contributed by atoms with Gasteiger partial charge < -0.3 is 0 Å². The van der Waals surface area contributed by atoms with Gasteiger partial charge in [-0.3, -0.25) is 19.7 Å². The Morgan fingerprint density at radius 2 is 1.56 bits per heavy atom. The smallest absolute Gasteiger partial charge is 0.268 e. The summed E-state index contributed by atoms with van der Waals surface area (Å²) in [6.07, 6.45) is 1.48. The van der Waals surface area contributed by atoms with Crippen LogP contribution in [-0.2, 0) is 4.79 Å². The van der Waals surface area contributed by atoms with Crippen molar-refractivity contribution in [2.75, 3.05) is 4.90 Å². The zero-order chi connectivity index (χ0) is 22.8. The van der Waals surface area contributed by atoms with Gasteiger partial charge in [0.05, 0.1) is 20.4 Å². The number of hydrogen-bond acceptors (Lipinski definition) is 6. The van der Waals surface area contributed by atoms with Gasteiger partial charge in [-0.25, -0.2) is 4.90 Å². The van der Waals surface area contributed by atoms with Crippen LogP contribution < -0.4 is 4.90 Å². The first-order valence-corrected chi connectivity index (χ1v) is 11.5. The van der Waals surface area contributed by atoms with Crippen molar-refractivity contribution in [2.24, 2.45) is 0 Å². The van der Waals surface area contributed by atoms with Gasteiger partial charge in [-0.05, 0) is 78.0 Å². The Hall–Kier alpha value is -2.78. The molecule has 3 aromatic carbocycles. The molecule has 160 valence electrons. The number of hydrogen-bond donors (Lipinski definition) is 0. The maximum absolute atomic E-state index is 12.8. The fraction of sp³-hybridized carbons (Fsp3) is 0. The van der Waals surface area contributed by atoms with Crippen LogP contribution in [0, 0.1) is 10.1 Å². The van der Waals surface area contributed by atoms with Crippen LogP contribution in [0.25, 0.3) is 6.08 Å².